The Morgan fingerprint density at radius 3 is 2.37 bits per heavy atom. The highest BCUT2D eigenvalue weighted by molar-refractivity contribution is 9.10. The summed E-state index contributed by atoms with van der Waals surface area (Å²) in [6.45, 7) is 3.81. The molecule has 0 fully saturated rings. The van der Waals surface area contributed by atoms with Gasteiger partial charge in [-0.05, 0) is 37.1 Å². The van der Waals surface area contributed by atoms with E-state index in [2.05, 4.69) is 20.9 Å². The van der Waals surface area contributed by atoms with E-state index in [0.29, 0.717) is 5.69 Å². The molecule has 5 nitrogen and oxygen atoms in total. The first kappa shape index (κ1) is 13.3. The van der Waals surface area contributed by atoms with Crippen LogP contribution in [0.15, 0.2) is 32.4 Å². The Morgan fingerprint density at radius 2 is 1.84 bits per heavy atom. The molecular weight excluding hydrogens is 310 g/mol. The van der Waals surface area contributed by atoms with E-state index >= 15 is 0 Å². The number of nitrogens with one attached hydrogen (secondary N) is 1. The largest absolute Gasteiger partial charge is 0.332 e. The summed E-state index contributed by atoms with van der Waals surface area (Å²) in [5.41, 5.74) is 1.20. The van der Waals surface area contributed by atoms with Crippen LogP contribution in [0.3, 0.4) is 0 Å². The van der Waals surface area contributed by atoms with Crippen LogP contribution in [0, 0.1) is 25.2 Å². The SMILES string of the molecule is Cc1cc(-n2cc(C#N)c(=O)[nH]c2=O)cc(C)c1Br. The number of aryl methyl sites for hydroxylation is 2. The van der Waals surface area contributed by atoms with E-state index in [1.165, 1.54) is 10.8 Å². The smallest absolute Gasteiger partial charge is 0.273 e. The van der Waals surface area contributed by atoms with Crippen LogP contribution in [-0.4, -0.2) is 9.55 Å². The molecule has 0 saturated heterocycles. The first-order chi connectivity index (χ1) is 8.93. The number of nitrogens with zero attached hydrogens (tertiary/aromatic N) is 2. The predicted molar refractivity (Wildman–Crippen MR) is 74.5 cm³/mol. The Labute approximate surface area is 117 Å². The maximum Gasteiger partial charge on any atom is 0.332 e. The summed E-state index contributed by atoms with van der Waals surface area (Å²) in [6, 6.07) is 5.37. The van der Waals surface area contributed by atoms with E-state index in [1.54, 1.807) is 18.2 Å². The number of halogens is 1. The molecule has 0 aliphatic carbocycles. The molecule has 1 N–H and O–H groups in total. The highest BCUT2D eigenvalue weighted by Gasteiger charge is 2.08. The fourth-order valence-corrected chi connectivity index (χ4v) is 2.03. The van der Waals surface area contributed by atoms with E-state index in [-0.39, 0.29) is 5.56 Å². The Kier molecular flexibility index (Phi) is 3.40. The third-order valence-electron chi connectivity index (χ3n) is 2.76. The maximum atomic E-state index is 11.8. The molecule has 0 saturated carbocycles. The van der Waals surface area contributed by atoms with Gasteiger partial charge in [0.2, 0.25) is 0 Å². The number of hydrogen-bond donors (Lipinski definition) is 1. The van der Waals surface area contributed by atoms with Crippen molar-refractivity contribution < 1.29 is 0 Å². The van der Waals surface area contributed by atoms with Crippen molar-refractivity contribution in [2.24, 2.45) is 0 Å². The van der Waals surface area contributed by atoms with Gasteiger partial charge in [0, 0.05) is 10.7 Å². The molecule has 19 heavy (non-hydrogen) atoms. The predicted octanol–water partition coefficient (Wildman–Crippen LogP) is 1.78. The van der Waals surface area contributed by atoms with E-state index in [4.69, 9.17) is 5.26 Å². The minimum absolute atomic E-state index is 0.0992. The standard InChI is InChI=1S/C13H10BrN3O2/c1-7-3-10(4-8(2)11(7)14)17-6-9(5-15)12(18)16-13(17)19/h3-4,6H,1-2H3,(H,16,18,19). The molecule has 0 aliphatic rings. The Bertz CT molecular complexity index is 789. The lowest BCUT2D eigenvalue weighted by Gasteiger charge is -2.10. The zero-order valence-corrected chi connectivity index (χ0v) is 11.9. The minimum Gasteiger partial charge on any atom is -0.273 e. The molecule has 96 valence electrons. The molecule has 0 spiro atoms. The fourth-order valence-electron chi connectivity index (χ4n) is 1.80. The lowest BCUT2D eigenvalue weighted by atomic mass is 10.1. The molecule has 0 radical (unpaired) electrons. The zero-order valence-electron chi connectivity index (χ0n) is 10.3. The number of rotatable bonds is 1. The second-order valence-electron chi connectivity index (χ2n) is 4.18. The van der Waals surface area contributed by atoms with Gasteiger partial charge in [-0.2, -0.15) is 5.26 Å². The minimum atomic E-state index is -0.672. The normalized spacial score (nSPS) is 10.2. The molecule has 0 amide bonds. The lowest BCUT2D eigenvalue weighted by molar-refractivity contribution is 0.886. The number of H-pyrrole nitrogens is 1. The Hall–Kier alpha value is -2.13. The van der Waals surface area contributed by atoms with Gasteiger partial charge in [-0.15, -0.1) is 0 Å². The van der Waals surface area contributed by atoms with Gasteiger partial charge in [-0.25, -0.2) is 4.79 Å². The summed E-state index contributed by atoms with van der Waals surface area (Å²) < 4.78 is 2.22. The molecule has 2 rings (SSSR count). The molecule has 1 aromatic heterocycles. The average molecular weight is 320 g/mol. The first-order valence-electron chi connectivity index (χ1n) is 5.47. The number of aromatic nitrogens is 2. The highest BCUT2D eigenvalue weighted by atomic mass is 79.9. The molecule has 0 bridgehead atoms. The van der Waals surface area contributed by atoms with Crippen LogP contribution in [0.5, 0.6) is 0 Å². The lowest BCUT2D eigenvalue weighted by Crippen LogP contribution is -2.30. The van der Waals surface area contributed by atoms with Crippen LogP contribution in [0.25, 0.3) is 5.69 Å². The van der Waals surface area contributed by atoms with Crippen LogP contribution >= 0.6 is 15.9 Å². The van der Waals surface area contributed by atoms with Crippen LogP contribution < -0.4 is 11.2 Å². The van der Waals surface area contributed by atoms with Gasteiger partial charge in [0.15, 0.2) is 0 Å². The summed E-state index contributed by atoms with van der Waals surface area (Å²) in [5.74, 6) is 0. The maximum absolute atomic E-state index is 11.8. The number of hydrogen-bond acceptors (Lipinski definition) is 3. The third-order valence-corrected chi connectivity index (χ3v) is 4.01. The number of benzene rings is 1. The van der Waals surface area contributed by atoms with Crippen molar-refractivity contribution in [1.29, 1.82) is 5.26 Å². The summed E-state index contributed by atoms with van der Waals surface area (Å²) in [5, 5.41) is 8.84. The number of nitriles is 1. The van der Waals surface area contributed by atoms with Gasteiger partial charge in [-0.1, -0.05) is 15.9 Å². The van der Waals surface area contributed by atoms with Crippen molar-refractivity contribution in [2.45, 2.75) is 13.8 Å². The highest BCUT2D eigenvalue weighted by Crippen LogP contribution is 2.23. The van der Waals surface area contributed by atoms with E-state index in [0.717, 1.165) is 15.6 Å². The molecule has 0 unspecified atom stereocenters. The van der Waals surface area contributed by atoms with Gasteiger partial charge < -0.3 is 0 Å². The van der Waals surface area contributed by atoms with E-state index < -0.39 is 11.2 Å². The summed E-state index contributed by atoms with van der Waals surface area (Å²) >= 11 is 3.45. The van der Waals surface area contributed by atoms with E-state index in [1.807, 2.05) is 13.8 Å². The summed E-state index contributed by atoms with van der Waals surface area (Å²) in [4.78, 5) is 25.3. The van der Waals surface area contributed by atoms with E-state index in [9.17, 15) is 9.59 Å². The fraction of sp³-hybridized carbons (Fsp3) is 0.154. The van der Waals surface area contributed by atoms with Gasteiger partial charge >= 0.3 is 5.69 Å². The Balaban J connectivity index is 2.77. The second kappa shape index (κ2) is 4.86. The zero-order chi connectivity index (χ0) is 14.2. The Morgan fingerprint density at radius 1 is 1.26 bits per heavy atom. The van der Waals surface area contributed by atoms with Crippen molar-refractivity contribution in [2.75, 3.05) is 0 Å². The van der Waals surface area contributed by atoms with Crippen molar-refractivity contribution in [3.8, 4) is 11.8 Å². The van der Waals surface area contributed by atoms with Crippen LogP contribution in [0.4, 0.5) is 0 Å². The molecule has 0 aliphatic heterocycles. The van der Waals surface area contributed by atoms with Crippen molar-refractivity contribution >= 4 is 15.9 Å². The number of aromatic amines is 1. The second-order valence-corrected chi connectivity index (χ2v) is 4.97. The van der Waals surface area contributed by atoms with Gasteiger partial charge in [0.05, 0.1) is 5.69 Å². The molecule has 1 heterocycles. The molecule has 1 aromatic carbocycles. The molecule has 6 heteroatoms. The monoisotopic (exact) mass is 319 g/mol. The summed E-state index contributed by atoms with van der Waals surface area (Å²) in [7, 11) is 0. The topological polar surface area (TPSA) is 78.7 Å². The van der Waals surface area contributed by atoms with Crippen molar-refractivity contribution in [1.82, 2.24) is 9.55 Å². The quantitative estimate of drug-likeness (QED) is 0.870. The third kappa shape index (κ3) is 2.37. The molecule has 2 aromatic rings. The molecular formula is C13H10BrN3O2. The van der Waals surface area contributed by atoms with Gasteiger partial charge in [0.25, 0.3) is 5.56 Å². The molecule has 0 atom stereocenters. The first-order valence-corrected chi connectivity index (χ1v) is 6.26. The van der Waals surface area contributed by atoms with Crippen molar-refractivity contribution in [3.05, 3.63) is 60.3 Å². The average Bonchev–Trinajstić information content (AvgIpc) is 2.35. The van der Waals surface area contributed by atoms with Crippen LogP contribution in [0.1, 0.15) is 16.7 Å². The van der Waals surface area contributed by atoms with Crippen molar-refractivity contribution in [3.63, 3.8) is 0 Å². The van der Waals surface area contributed by atoms with Crippen LogP contribution in [0.2, 0.25) is 0 Å². The van der Waals surface area contributed by atoms with Gasteiger partial charge in [0.1, 0.15) is 11.6 Å². The van der Waals surface area contributed by atoms with Gasteiger partial charge in [-0.3, -0.25) is 14.3 Å². The summed E-state index contributed by atoms with van der Waals surface area (Å²) in [6.07, 6.45) is 1.25. The van der Waals surface area contributed by atoms with Crippen LogP contribution in [-0.2, 0) is 0 Å².